The number of ether oxygens (including phenoxy) is 1. The second kappa shape index (κ2) is 8.24. The molecule has 20 heavy (non-hydrogen) atoms. The van der Waals surface area contributed by atoms with Gasteiger partial charge in [0.15, 0.2) is 11.5 Å². The molecule has 0 saturated carbocycles. The molecule has 114 valence electrons. The summed E-state index contributed by atoms with van der Waals surface area (Å²) in [4.78, 5) is 9.52. The predicted octanol–water partition coefficient (Wildman–Crippen LogP) is 1.30. The standard InChI is InChI=1S/C12H20NO6P/c1-13-6-5-10-3-4-11(14)12(9-10)19-20(15,16)18-8-7-17-2/h3-4,9,13-14H,5-8H2,1-2H3,(H,15,16). The lowest BCUT2D eigenvalue weighted by Gasteiger charge is -2.14. The molecule has 0 heterocycles. The van der Waals surface area contributed by atoms with Crippen molar-refractivity contribution in [2.75, 3.05) is 33.9 Å². The third-order valence-electron chi connectivity index (χ3n) is 2.44. The number of hydrogen-bond acceptors (Lipinski definition) is 6. The lowest BCUT2D eigenvalue weighted by molar-refractivity contribution is 0.122. The Morgan fingerprint density at radius 2 is 2.10 bits per heavy atom. The summed E-state index contributed by atoms with van der Waals surface area (Å²) in [5.41, 5.74) is 0.865. The third kappa shape index (κ3) is 5.90. The molecule has 1 atom stereocenters. The Balaban J connectivity index is 2.71. The number of aromatic hydroxyl groups is 1. The largest absolute Gasteiger partial charge is 0.527 e. The zero-order valence-electron chi connectivity index (χ0n) is 11.5. The van der Waals surface area contributed by atoms with E-state index < -0.39 is 7.82 Å². The van der Waals surface area contributed by atoms with Crippen molar-refractivity contribution in [2.45, 2.75) is 6.42 Å². The molecule has 0 bridgehead atoms. The Kier molecular flexibility index (Phi) is 6.98. The Labute approximate surface area is 118 Å². The molecule has 0 spiro atoms. The minimum absolute atomic E-state index is 0.0789. The number of rotatable bonds is 9. The maximum atomic E-state index is 11.7. The van der Waals surface area contributed by atoms with Gasteiger partial charge in [0.2, 0.25) is 0 Å². The van der Waals surface area contributed by atoms with Gasteiger partial charge < -0.3 is 19.7 Å². The van der Waals surface area contributed by atoms with Crippen molar-refractivity contribution in [3.63, 3.8) is 0 Å². The average molecular weight is 305 g/mol. The molecular formula is C12H20NO6P. The third-order valence-corrected chi connectivity index (χ3v) is 3.38. The number of phosphoric ester groups is 1. The first-order chi connectivity index (χ1) is 9.48. The average Bonchev–Trinajstić information content (AvgIpc) is 2.39. The summed E-state index contributed by atoms with van der Waals surface area (Å²) in [7, 11) is -1.00. The molecule has 1 aromatic carbocycles. The Hall–Kier alpha value is -1.11. The maximum absolute atomic E-state index is 11.7. The molecule has 1 aromatic rings. The number of phenols is 1. The molecule has 0 aliphatic heterocycles. The summed E-state index contributed by atoms with van der Waals surface area (Å²) in [6.45, 7) is 0.831. The Morgan fingerprint density at radius 1 is 1.35 bits per heavy atom. The number of benzene rings is 1. The van der Waals surface area contributed by atoms with Crippen LogP contribution < -0.4 is 9.84 Å². The zero-order chi connectivity index (χ0) is 15.0. The molecule has 8 heteroatoms. The first kappa shape index (κ1) is 16.9. The summed E-state index contributed by atoms with van der Waals surface area (Å²) >= 11 is 0. The van der Waals surface area contributed by atoms with Crippen LogP contribution in [-0.4, -0.2) is 43.9 Å². The molecule has 0 aliphatic rings. The van der Waals surface area contributed by atoms with Gasteiger partial charge >= 0.3 is 7.82 Å². The van der Waals surface area contributed by atoms with Gasteiger partial charge in [-0.15, -0.1) is 0 Å². The molecule has 1 unspecified atom stereocenters. The molecule has 0 saturated heterocycles. The van der Waals surface area contributed by atoms with E-state index in [4.69, 9.17) is 13.8 Å². The van der Waals surface area contributed by atoms with Crippen LogP contribution in [0.2, 0.25) is 0 Å². The van der Waals surface area contributed by atoms with E-state index >= 15 is 0 Å². The van der Waals surface area contributed by atoms with Gasteiger partial charge in [0, 0.05) is 7.11 Å². The van der Waals surface area contributed by atoms with E-state index in [0.717, 1.165) is 12.1 Å². The summed E-state index contributed by atoms with van der Waals surface area (Å²) in [6, 6.07) is 4.64. The Morgan fingerprint density at radius 3 is 2.75 bits per heavy atom. The Bertz CT molecular complexity index is 467. The highest BCUT2D eigenvalue weighted by Crippen LogP contribution is 2.46. The summed E-state index contributed by atoms with van der Waals surface area (Å²) < 4.78 is 25.9. The van der Waals surface area contributed by atoms with E-state index in [1.165, 1.54) is 19.2 Å². The van der Waals surface area contributed by atoms with Crippen molar-refractivity contribution < 1.29 is 28.3 Å². The van der Waals surface area contributed by atoms with E-state index in [1.807, 2.05) is 7.05 Å². The van der Waals surface area contributed by atoms with Crippen molar-refractivity contribution in [1.82, 2.24) is 5.32 Å². The number of nitrogens with one attached hydrogen (secondary N) is 1. The number of phosphoric acid groups is 1. The summed E-state index contributed by atoms with van der Waals surface area (Å²) in [6.07, 6.45) is 0.702. The van der Waals surface area contributed by atoms with Crippen molar-refractivity contribution >= 4 is 7.82 Å². The van der Waals surface area contributed by atoms with Gasteiger partial charge in [-0.3, -0.25) is 9.42 Å². The van der Waals surface area contributed by atoms with Crippen molar-refractivity contribution in [3.8, 4) is 11.5 Å². The first-order valence-corrected chi connectivity index (χ1v) is 7.60. The second-order valence-electron chi connectivity index (χ2n) is 4.04. The van der Waals surface area contributed by atoms with Crippen LogP contribution in [0.5, 0.6) is 11.5 Å². The molecule has 0 radical (unpaired) electrons. The zero-order valence-corrected chi connectivity index (χ0v) is 12.4. The molecule has 0 aliphatic carbocycles. The van der Waals surface area contributed by atoms with Gasteiger partial charge in [-0.1, -0.05) is 6.07 Å². The van der Waals surface area contributed by atoms with Gasteiger partial charge in [0.1, 0.15) is 0 Å². The fourth-order valence-corrected chi connectivity index (χ4v) is 2.20. The summed E-state index contributed by atoms with van der Waals surface area (Å²) in [5, 5.41) is 12.6. The van der Waals surface area contributed by atoms with Gasteiger partial charge in [-0.2, -0.15) is 0 Å². The van der Waals surface area contributed by atoms with Gasteiger partial charge in [-0.05, 0) is 37.7 Å². The molecule has 0 fully saturated rings. The number of likely N-dealkylation sites (N-methyl/N-ethyl adjacent to an activating group) is 1. The van der Waals surface area contributed by atoms with Crippen LogP contribution >= 0.6 is 7.82 Å². The summed E-state index contributed by atoms with van der Waals surface area (Å²) in [5.74, 6) is -0.301. The van der Waals surface area contributed by atoms with E-state index in [2.05, 4.69) is 5.32 Å². The number of methoxy groups -OCH3 is 1. The molecule has 0 aromatic heterocycles. The highest BCUT2D eigenvalue weighted by atomic mass is 31.2. The van der Waals surface area contributed by atoms with E-state index in [1.54, 1.807) is 6.07 Å². The molecule has 3 N–H and O–H groups in total. The minimum atomic E-state index is -4.27. The number of hydrogen-bond donors (Lipinski definition) is 3. The van der Waals surface area contributed by atoms with Crippen LogP contribution in [0.3, 0.4) is 0 Å². The van der Waals surface area contributed by atoms with Crippen molar-refractivity contribution in [3.05, 3.63) is 23.8 Å². The second-order valence-corrected chi connectivity index (χ2v) is 5.42. The fraction of sp³-hybridized carbons (Fsp3) is 0.500. The maximum Gasteiger partial charge on any atom is 0.527 e. The molecule has 7 nitrogen and oxygen atoms in total. The highest BCUT2D eigenvalue weighted by molar-refractivity contribution is 7.47. The molecule has 0 amide bonds. The predicted molar refractivity (Wildman–Crippen MR) is 74.0 cm³/mol. The van der Waals surface area contributed by atoms with Crippen molar-refractivity contribution in [1.29, 1.82) is 0 Å². The van der Waals surface area contributed by atoms with E-state index in [-0.39, 0.29) is 24.7 Å². The van der Waals surface area contributed by atoms with Gasteiger partial charge in [-0.25, -0.2) is 4.57 Å². The van der Waals surface area contributed by atoms with Crippen LogP contribution in [0.25, 0.3) is 0 Å². The van der Waals surface area contributed by atoms with Crippen molar-refractivity contribution in [2.24, 2.45) is 0 Å². The van der Waals surface area contributed by atoms with Crippen LogP contribution in [-0.2, 0) is 20.2 Å². The lowest BCUT2D eigenvalue weighted by atomic mass is 10.1. The lowest BCUT2D eigenvalue weighted by Crippen LogP contribution is -2.10. The SMILES string of the molecule is CNCCc1ccc(O)c(OP(=O)(O)OCCOC)c1. The van der Waals surface area contributed by atoms with Crippen LogP contribution in [0.4, 0.5) is 0 Å². The monoisotopic (exact) mass is 305 g/mol. The quantitative estimate of drug-likeness (QED) is 0.467. The number of phenolic OH excluding ortho intramolecular Hbond substituents is 1. The normalized spacial score (nSPS) is 13.9. The first-order valence-electron chi connectivity index (χ1n) is 6.11. The topological polar surface area (TPSA) is 97.2 Å². The molecular weight excluding hydrogens is 285 g/mol. The molecule has 1 rings (SSSR count). The van der Waals surface area contributed by atoms with E-state index in [9.17, 15) is 14.6 Å². The smallest absolute Gasteiger partial charge is 0.504 e. The highest BCUT2D eigenvalue weighted by Gasteiger charge is 2.24. The van der Waals surface area contributed by atoms with E-state index in [0.29, 0.717) is 6.42 Å². The van der Waals surface area contributed by atoms with Crippen LogP contribution in [0.15, 0.2) is 18.2 Å². The fourth-order valence-electron chi connectivity index (χ4n) is 1.44. The van der Waals surface area contributed by atoms with Crippen LogP contribution in [0.1, 0.15) is 5.56 Å². The van der Waals surface area contributed by atoms with Gasteiger partial charge in [0.05, 0.1) is 13.2 Å². The minimum Gasteiger partial charge on any atom is -0.504 e. The van der Waals surface area contributed by atoms with Crippen LogP contribution in [0, 0.1) is 0 Å². The van der Waals surface area contributed by atoms with Gasteiger partial charge in [0.25, 0.3) is 0 Å².